The first-order valence-corrected chi connectivity index (χ1v) is 4.70. The normalized spacial score (nSPS) is 7.38. The molecule has 1 radical (unpaired) electrons. The van der Waals surface area contributed by atoms with E-state index in [9.17, 15) is 0 Å². The Hall–Kier alpha value is 3.76. The smallest absolute Gasteiger partial charge is 1.00 e. The largest absolute Gasteiger partial charge is 2.00 e. The summed E-state index contributed by atoms with van der Waals surface area (Å²) in [6.07, 6.45) is 0. The first-order chi connectivity index (χ1) is 4.00. The molecule has 0 aliphatic carbocycles. The summed E-state index contributed by atoms with van der Waals surface area (Å²) in [4.78, 5) is 43.1. The summed E-state index contributed by atoms with van der Waals surface area (Å²) >= 11 is 0. The van der Waals surface area contributed by atoms with Gasteiger partial charge in [-0.15, -0.1) is 0 Å². The van der Waals surface area contributed by atoms with E-state index >= 15 is 0 Å². The number of hydrogen-bond acceptors (Lipinski definition) is 2. The minimum atomic E-state index is -4.64. The summed E-state index contributed by atoms with van der Waals surface area (Å²) < 4.78 is 17.8. The molecule has 0 saturated heterocycles. The van der Waals surface area contributed by atoms with Crippen LogP contribution >= 0.6 is 15.6 Å². The van der Waals surface area contributed by atoms with Crippen molar-refractivity contribution >= 4 is 108 Å². The van der Waals surface area contributed by atoms with Crippen LogP contribution in [0.1, 0.15) is 11.4 Å². The molecule has 0 saturated carbocycles. The molecule has 0 unspecified atom stereocenters. The van der Waals surface area contributed by atoms with E-state index in [0.717, 1.165) is 0 Å². The predicted molar refractivity (Wildman–Crippen MR) is 64.1 cm³/mol. The van der Waals surface area contributed by atoms with Crippen LogP contribution in [0.4, 0.5) is 0 Å². The van der Waals surface area contributed by atoms with Crippen LogP contribution in [0.5, 0.6) is 0 Å². The van der Waals surface area contributed by atoms with Crippen molar-refractivity contribution in [3.05, 3.63) is 0 Å². The molecule has 0 aromatic heterocycles. The second-order valence-electron chi connectivity index (χ2n) is 1.03. The van der Waals surface area contributed by atoms with Gasteiger partial charge >= 0.3 is 108 Å². The van der Waals surface area contributed by atoms with E-state index in [1.165, 1.54) is 0 Å². The molecular formula is H16Mg4MnO9P2. The summed E-state index contributed by atoms with van der Waals surface area (Å²) in [6, 6.07) is 0. The van der Waals surface area contributed by atoms with Crippen LogP contribution in [-0.2, 0) is 26.2 Å². The van der Waals surface area contributed by atoms with Gasteiger partial charge in [0.05, 0.1) is 0 Å². The van der Waals surface area contributed by atoms with E-state index in [-0.39, 0.29) is 126 Å². The van der Waals surface area contributed by atoms with E-state index in [0.29, 0.717) is 0 Å². The van der Waals surface area contributed by atoms with Crippen LogP contribution in [0.2, 0.25) is 0 Å². The quantitative estimate of drug-likeness (QED) is 0.188. The molecule has 0 bridgehead atoms. The molecule has 95 valence electrons. The molecule has 8 N–H and O–H groups in total. The van der Waals surface area contributed by atoms with Crippen molar-refractivity contribution in [3.8, 4) is 0 Å². The molecule has 0 fully saturated rings. The van der Waals surface area contributed by atoms with Crippen LogP contribution in [0, 0.1) is 0 Å². The van der Waals surface area contributed by atoms with Crippen LogP contribution in [0.15, 0.2) is 0 Å². The van der Waals surface area contributed by atoms with Crippen molar-refractivity contribution in [2.75, 3.05) is 0 Å². The van der Waals surface area contributed by atoms with Crippen LogP contribution < -0.4 is 0 Å². The fourth-order valence-corrected chi connectivity index (χ4v) is 0. The SMILES string of the molecule is O.O=P(O)(O)O.O=P(O)(O)O.[H-].[H-].[H-].[H-].[H-].[H-].[H-].[H-].[Mg+2].[Mg+2].[Mg+2].[Mg+2].[Mn]. The minimum absolute atomic E-state index is 0. The standard InChI is InChI=1S/4Mg.Mn.2H3O4P.H2O.8H/c;;;;;2*1-5(2,3)4;;;;;;;;;/h;;;;;2*(H3,1,2,3,4);1H2;;;;;;;;/q4*+2;;;;;8*-1. The van der Waals surface area contributed by atoms with E-state index in [1.54, 1.807) is 0 Å². The Morgan fingerprint density at radius 1 is 0.625 bits per heavy atom. The summed E-state index contributed by atoms with van der Waals surface area (Å²) in [5, 5.41) is 0. The molecule has 0 rings (SSSR count). The van der Waals surface area contributed by atoms with E-state index in [1.807, 2.05) is 0 Å². The van der Waals surface area contributed by atoms with Gasteiger partial charge in [0, 0.05) is 17.1 Å². The molecule has 16 heteroatoms. The molecule has 0 aliphatic rings. The Bertz CT molecular complexity index is 160. The van der Waals surface area contributed by atoms with Gasteiger partial charge in [0.2, 0.25) is 0 Å². The molecule has 0 aliphatic heterocycles. The van der Waals surface area contributed by atoms with Crippen molar-refractivity contribution in [2.45, 2.75) is 0 Å². The van der Waals surface area contributed by atoms with Crippen LogP contribution in [0.3, 0.4) is 0 Å². The zero-order valence-electron chi connectivity index (χ0n) is 16.1. The molecule has 9 nitrogen and oxygen atoms in total. The monoisotopic (exact) mass is 373 g/mol. The second kappa shape index (κ2) is 23.8. The van der Waals surface area contributed by atoms with Gasteiger partial charge in [0.25, 0.3) is 0 Å². The predicted octanol–water partition coefficient (Wildman–Crippen LogP) is -3.31. The molecule has 0 aromatic rings. The fourth-order valence-electron chi connectivity index (χ4n) is 0. The Morgan fingerprint density at radius 3 is 0.625 bits per heavy atom. The fraction of sp³-hybridized carbons (Fsp3) is 0. The maximum atomic E-state index is 8.88. The number of rotatable bonds is 0. The third kappa shape index (κ3) is 352. The van der Waals surface area contributed by atoms with E-state index in [4.69, 9.17) is 38.5 Å². The third-order valence-corrected chi connectivity index (χ3v) is 0. The van der Waals surface area contributed by atoms with Crippen LogP contribution in [0.25, 0.3) is 0 Å². The molecule has 0 spiro atoms. The van der Waals surface area contributed by atoms with Gasteiger partial charge in [-0.3, -0.25) is 0 Å². The van der Waals surface area contributed by atoms with Crippen molar-refractivity contribution in [2.24, 2.45) is 0 Å². The van der Waals surface area contributed by atoms with Gasteiger partial charge < -0.3 is 46.2 Å². The number of hydrogen-bond donors (Lipinski definition) is 6. The molecule has 16 heavy (non-hydrogen) atoms. The number of phosphoric acid groups is 2. The molecule has 0 atom stereocenters. The maximum absolute atomic E-state index is 8.88. The Morgan fingerprint density at radius 2 is 0.625 bits per heavy atom. The Kier molecular flexibility index (Phi) is 74.9. The Labute approximate surface area is 178 Å². The van der Waals surface area contributed by atoms with Crippen LogP contribution in [-0.4, -0.2) is 127 Å². The third-order valence-electron chi connectivity index (χ3n) is 0. The zero-order valence-corrected chi connectivity index (χ0v) is 16.7. The van der Waals surface area contributed by atoms with Gasteiger partial charge in [-0.1, -0.05) is 0 Å². The van der Waals surface area contributed by atoms with Gasteiger partial charge in [-0.05, 0) is 0 Å². The van der Waals surface area contributed by atoms with Gasteiger partial charge in [-0.2, -0.15) is 0 Å². The summed E-state index contributed by atoms with van der Waals surface area (Å²) in [6.45, 7) is 0. The molecule has 0 aromatic carbocycles. The van der Waals surface area contributed by atoms with Gasteiger partial charge in [0.15, 0.2) is 0 Å². The summed E-state index contributed by atoms with van der Waals surface area (Å²) in [5.41, 5.74) is 0. The topological polar surface area (TPSA) is 187 Å². The zero-order chi connectivity index (χ0) is 9.00. The second-order valence-corrected chi connectivity index (χ2v) is 3.08. The van der Waals surface area contributed by atoms with E-state index in [2.05, 4.69) is 0 Å². The van der Waals surface area contributed by atoms with Crippen molar-refractivity contribution in [1.82, 2.24) is 0 Å². The van der Waals surface area contributed by atoms with E-state index < -0.39 is 15.6 Å². The maximum Gasteiger partial charge on any atom is 2.00 e. The minimum Gasteiger partial charge on any atom is -1.00 e. The summed E-state index contributed by atoms with van der Waals surface area (Å²) in [5.74, 6) is 0. The molecule has 0 amide bonds. The Balaban J connectivity index is -0.00000000241. The summed E-state index contributed by atoms with van der Waals surface area (Å²) in [7, 11) is -9.28. The first-order valence-electron chi connectivity index (χ1n) is 1.57. The van der Waals surface area contributed by atoms with Crippen molar-refractivity contribution in [3.63, 3.8) is 0 Å². The average Bonchev–Trinajstić information content (AvgIpc) is 1.12. The average molecular weight is 374 g/mol. The molecule has 0 heterocycles. The molecular weight excluding hydrogens is 358 g/mol. The van der Waals surface area contributed by atoms with Crippen molar-refractivity contribution < 1.29 is 72.4 Å². The van der Waals surface area contributed by atoms with Gasteiger partial charge in [0.1, 0.15) is 0 Å². The van der Waals surface area contributed by atoms with Crippen molar-refractivity contribution in [1.29, 1.82) is 0 Å². The first kappa shape index (κ1) is 50.3. The van der Waals surface area contributed by atoms with Gasteiger partial charge in [-0.25, -0.2) is 9.13 Å².